The van der Waals surface area contributed by atoms with Gasteiger partial charge < -0.3 is 15.0 Å². The number of hydrogen-bond donors (Lipinski definition) is 1. The lowest BCUT2D eigenvalue weighted by Crippen LogP contribution is -2.26. The molecule has 1 atom stereocenters. The van der Waals surface area contributed by atoms with Crippen molar-refractivity contribution in [2.75, 3.05) is 29.9 Å². The first-order valence-corrected chi connectivity index (χ1v) is 8.69. The predicted molar refractivity (Wildman–Crippen MR) is 96.4 cm³/mol. The van der Waals surface area contributed by atoms with Gasteiger partial charge in [0.05, 0.1) is 23.4 Å². The van der Waals surface area contributed by atoms with Crippen molar-refractivity contribution in [1.29, 1.82) is 0 Å². The number of ether oxygens (including phenoxy) is 1. The zero-order chi connectivity index (χ0) is 17.9. The summed E-state index contributed by atoms with van der Waals surface area (Å²) in [5.74, 6) is -0.758. The number of benzene rings is 1. The second-order valence-electron chi connectivity index (χ2n) is 7.53. The van der Waals surface area contributed by atoms with Crippen LogP contribution in [0.15, 0.2) is 12.1 Å². The lowest BCUT2D eigenvalue weighted by atomic mass is 9.92. The predicted octanol–water partition coefficient (Wildman–Crippen LogP) is 4.47. The van der Waals surface area contributed by atoms with Crippen LogP contribution in [0.2, 0.25) is 5.02 Å². The molecule has 1 unspecified atom stereocenters. The molecule has 1 heterocycles. The molecule has 4 nitrogen and oxygen atoms in total. The average Bonchev–Trinajstić information content (AvgIpc) is 2.65. The quantitative estimate of drug-likeness (QED) is 0.868. The van der Waals surface area contributed by atoms with Crippen LogP contribution in [0.3, 0.4) is 0 Å². The Kier molecular flexibility index (Phi) is 6.10. The summed E-state index contributed by atoms with van der Waals surface area (Å²) in [6, 6.07) is 3.13. The van der Waals surface area contributed by atoms with Crippen LogP contribution >= 0.6 is 11.6 Å². The standard InChI is InChI=1S/C18H26ClFN2O2/c1-12-5-6-22(7-8-24-12)13-9-14(19)17(15(20)10-13)21-16(23)11-18(2,3)4/h9-10,12H,5-8,11H2,1-4H3,(H,21,23). The number of carbonyl (C=O) groups is 1. The first-order chi connectivity index (χ1) is 11.2. The van der Waals surface area contributed by atoms with Crippen LogP contribution in [-0.2, 0) is 9.53 Å². The highest BCUT2D eigenvalue weighted by molar-refractivity contribution is 6.34. The van der Waals surface area contributed by atoms with Crippen LogP contribution in [0.5, 0.6) is 0 Å². The van der Waals surface area contributed by atoms with Crippen LogP contribution in [0.4, 0.5) is 15.8 Å². The second kappa shape index (κ2) is 7.70. The van der Waals surface area contributed by atoms with Crippen molar-refractivity contribution in [3.05, 3.63) is 23.0 Å². The smallest absolute Gasteiger partial charge is 0.225 e. The van der Waals surface area contributed by atoms with Gasteiger partial charge in [0.2, 0.25) is 5.91 Å². The molecule has 1 aliphatic heterocycles. The highest BCUT2D eigenvalue weighted by atomic mass is 35.5. The number of rotatable bonds is 3. The highest BCUT2D eigenvalue weighted by Crippen LogP contribution is 2.32. The van der Waals surface area contributed by atoms with E-state index in [0.29, 0.717) is 25.3 Å². The van der Waals surface area contributed by atoms with Crippen LogP contribution in [0.25, 0.3) is 0 Å². The van der Waals surface area contributed by atoms with Gasteiger partial charge in [-0.25, -0.2) is 4.39 Å². The Balaban J connectivity index is 2.14. The van der Waals surface area contributed by atoms with Crippen LogP contribution in [-0.4, -0.2) is 31.7 Å². The normalized spacial score (nSPS) is 19.1. The van der Waals surface area contributed by atoms with E-state index in [4.69, 9.17) is 16.3 Å². The fraction of sp³-hybridized carbons (Fsp3) is 0.611. The van der Waals surface area contributed by atoms with E-state index in [9.17, 15) is 9.18 Å². The Morgan fingerprint density at radius 3 is 2.75 bits per heavy atom. The Labute approximate surface area is 148 Å². The summed E-state index contributed by atoms with van der Waals surface area (Å²) in [7, 11) is 0. The maximum atomic E-state index is 14.5. The van der Waals surface area contributed by atoms with Crippen molar-refractivity contribution in [3.8, 4) is 0 Å². The number of hydrogen-bond acceptors (Lipinski definition) is 3. The average molecular weight is 357 g/mol. The Morgan fingerprint density at radius 2 is 2.12 bits per heavy atom. The van der Waals surface area contributed by atoms with Gasteiger partial charge >= 0.3 is 0 Å². The first-order valence-electron chi connectivity index (χ1n) is 8.31. The summed E-state index contributed by atoms with van der Waals surface area (Å²) in [5, 5.41) is 2.81. The van der Waals surface area contributed by atoms with Crippen molar-refractivity contribution in [1.82, 2.24) is 0 Å². The molecule has 2 rings (SSSR count). The Hall–Kier alpha value is -1.33. The van der Waals surface area contributed by atoms with Gasteiger partial charge in [-0.2, -0.15) is 0 Å². The van der Waals surface area contributed by atoms with E-state index < -0.39 is 5.82 Å². The summed E-state index contributed by atoms with van der Waals surface area (Å²) in [6.45, 7) is 9.97. The fourth-order valence-corrected chi connectivity index (χ4v) is 2.93. The van der Waals surface area contributed by atoms with Crippen molar-refractivity contribution < 1.29 is 13.9 Å². The van der Waals surface area contributed by atoms with Crippen molar-refractivity contribution >= 4 is 28.9 Å². The van der Waals surface area contributed by atoms with E-state index in [1.165, 1.54) is 6.07 Å². The van der Waals surface area contributed by atoms with E-state index in [1.807, 2.05) is 27.7 Å². The molecule has 1 aliphatic rings. The van der Waals surface area contributed by atoms with Gasteiger partial charge in [-0.05, 0) is 30.9 Å². The minimum Gasteiger partial charge on any atom is -0.377 e. The number of nitrogens with one attached hydrogen (secondary N) is 1. The van der Waals surface area contributed by atoms with E-state index in [0.717, 1.165) is 13.0 Å². The van der Waals surface area contributed by atoms with Crippen LogP contribution in [0.1, 0.15) is 40.5 Å². The van der Waals surface area contributed by atoms with Gasteiger partial charge in [0.15, 0.2) is 0 Å². The largest absolute Gasteiger partial charge is 0.377 e. The molecule has 1 saturated heterocycles. The maximum absolute atomic E-state index is 14.5. The van der Waals surface area contributed by atoms with E-state index >= 15 is 0 Å². The third-order valence-corrected chi connectivity index (χ3v) is 4.21. The minimum atomic E-state index is -0.516. The van der Waals surface area contributed by atoms with Crippen LogP contribution < -0.4 is 10.2 Å². The van der Waals surface area contributed by atoms with Gasteiger partial charge in [-0.15, -0.1) is 0 Å². The molecular formula is C18H26ClFN2O2. The number of nitrogens with zero attached hydrogens (tertiary/aromatic N) is 1. The minimum absolute atomic E-state index is 0.0501. The number of halogens is 2. The number of amides is 1. The van der Waals surface area contributed by atoms with E-state index in [2.05, 4.69) is 10.2 Å². The zero-order valence-electron chi connectivity index (χ0n) is 14.8. The molecule has 0 radical (unpaired) electrons. The lowest BCUT2D eigenvalue weighted by Gasteiger charge is -2.23. The molecule has 24 heavy (non-hydrogen) atoms. The van der Waals surface area contributed by atoms with Gasteiger partial charge in [0, 0.05) is 25.2 Å². The zero-order valence-corrected chi connectivity index (χ0v) is 15.5. The molecule has 1 amide bonds. The molecule has 0 aliphatic carbocycles. The highest BCUT2D eigenvalue weighted by Gasteiger charge is 2.21. The van der Waals surface area contributed by atoms with Crippen molar-refractivity contribution in [3.63, 3.8) is 0 Å². The van der Waals surface area contributed by atoms with Gasteiger partial charge in [0.1, 0.15) is 5.82 Å². The van der Waals surface area contributed by atoms with Gasteiger partial charge in [-0.3, -0.25) is 4.79 Å². The summed E-state index contributed by atoms with van der Waals surface area (Å²) in [4.78, 5) is 14.1. The summed E-state index contributed by atoms with van der Waals surface area (Å²) >= 11 is 6.23. The Bertz CT molecular complexity index is 578. The molecule has 6 heteroatoms. The maximum Gasteiger partial charge on any atom is 0.225 e. The van der Waals surface area contributed by atoms with Gasteiger partial charge in [0.25, 0.3) is 0 Å². The molecule has 0 spiro atoms. The fourth-order valence-electron chi connectivity index (χ4n) is 2.68. The number of carbonyl (C=O) groups excluding carboxylic acids is 1. The molecule has 0 saturated carbocycles. The number of anilines is 2. The molecule has 0 aromatic heterocycles. The summed E-state index contributed by atoms with van der Waals surface area (Å²) in [6.07, 6.45) is 1.38. The van der Waals surface area contributed by atoms with E-state index in [1.54, 1.807) is 6.07 Å². The first kappa shape index (κ1) is 19.0. The van der Waals surface area contributed by atoms with Crippen molar-refractivity contribution in [2.24, 2.45) is 5.41 Å². The molecule has 1 fully saturated rings. The topological polar surface area (TPSA) is 41.6 Å². The molecule has 1 N–H and O–H groups in total. The molecular weight excluding hydrogens is 331 g/mol. The summed E-state index contributed by atoms with van der Waals surface area (Å²) in [5.41, 5.74) is 0.591. The lowest BCUT2D eigenvalue weighted by molar-refractivity contribution is -0.117. The van der Waals surface area contributed by atoms with Crippen LogP contribution in [0, 0.1) is 11.2 Å². The third kappa shape index (κ3) is 5.35. The van der Waals surface area contributed by atoms with Crippen molar-refractivity contribution in [2.45, 2.75) is 46.6 Å². The second-order valence-corrected chi connectivity index (χ2v) is 7.93. The molecule has 134 valence electrons. The third-order valence-electron chi connectivity index (χ3n) is 3.92. The summed E-state index contributed by atoms with van der Waals surface area (Å²) < 4.78 is 20.1. The molecule has 1 aromatic carbocycles. The van der Waals surface area contributed by atoms with Gasteiger partial charge in [-0.1, -0.05) is 32.4 Å². The van der Waals surface area contributed by atoms with E-state index in [-0.39, 0.29) is 28.1 Å². The SMILES string of the molecule is CC1CCN(c2cc(F)c(NC(=O)CC(C)(C)C)c(Cl)c2)CCO1. The molecule has 0 bridgehead atoms. The molecule has 1 aromatic rings. The monoisotopic (exact) mass is 356 g/mol. The Morgan fingerprint density at radius 1 is 1.42 bits per heavy atom.